The Balaban J connectivity index is 1.97. The highest BCUT2D eigenvalue weighted by molar-refractivity contribution is 5.75. The van der Waals surface area contributed by atoms with Gasteiger partial charge in [0, 0.05) is 12.6 Å². The second kappa shape index (κ2) is 9.22. The van der Waals surface area contributed by atoms with E-state index in [1.807, 2.05) is 31.3 Å². The third-order valence-corrected chi connectivity index (χ3v) is 4.52. The molecule has 6 heteroatoms. The van der Waals surface area contributed by atoms with E-state index in [4.69, 9.17) is 4.74 Å². The number of nitrogens with one attached hydrogen (secondary N) is 1. The van der Waals surface area contributed by atoms with Crippen LogP contribution in [0.3, 0.4) is 0 Å². The summed E-state index contributed by atoms with van der Waals surface area (Å²) < 4.78 is 5.17. The van der Waals surface area contributed by atoms with E-state index in [-0.39, 0.29) is 17.5 Å². The lowest BCUT2D eigenvalue weighted by molar-refractivity contribution is -0.105. The van der Waals surface area contributed by atoms with Gasteiger partial charge in [-0.3, -0.25) is 4.79 Å². The number of phenols is 1. The van der Waals surface area contributed by atoms with Gasteiger partial charge in [-0.15, -0.1) is 0 Å². The normalized spacial score (nSPS) is 13.3. The Kier molecular flexibility index (Phi) is 7.00. The van der Waals surface area contributed by atoms with Gasteiger partial charge >= 0.3 is 0 Å². The molecule has 0 aliphatic heterocycles. The zero-order valence-corrected chi connectivity index (χ0v) is 15.3. The van der Waals surface area contributed by atoms with Crippen LogP contribution >= 0.6 is 0 Å². The first kappa shape index (κ1) is 19.8. The quantitative estimate of drug-likeness (QED) is 0.474. The Morgan fingerprint density at radius 2 is 1.92 bits per heavy atom. The number of likely N-dealkylation sites (N-methyl/N-ethyl adjacent to an activating group) is 1. The molecule has 0 aliphatic rings. The average Bonchev–Trinajstić information content (AvgIpc) is 2.64. The number of amides is 1. The van der Waals surface area contributed by atoms with Gasteiger partial charge < -0.3 is 25.2 Å². The van der Waals surface area contributed by atoms with Crippen molar-refractivity contribution in [3.8, 4) is 11.5 Å². The van der Waals surface area contributed by atoms with Crippen molar-refractivity contribution in [2.45, 2.75) is 25.5 Å². The van der Waals surface area contributed by atoms with Crippen molar-refractivity contribution in [2.75, 3.05) is 26.0 Å². The monoisotopic (exact) mass is 358 g/mol. The highest BCUT2D eigenvalue weighted by Gasteiger charge is 2.17. The number of carbonyl (C=O) groups excluding carboxylic acids is 1. The largest absolute Gasteiger partial charge is 0.506 e. The molecule has 0 fully saturated rings. The number of nitrogens with zero attached hydrogens (tertiary/aromatic N) is 1. The van der Waals surface area contributed by atoms with E-state index >= 15 is 0 Å². The summed E-state index contributed by atoms with van der Waals surface area (Å²) in [5, 5.41) is 22.6. The van der Waals surface area contributed by atoms with Crippen LogP contribution in [0.2, 0.25) is 0 Å². The van der Waals surface area contributed by atoms with E-state index < -0.39 is 6.10 Å². The number of hydrogen-bond donors (Lipinski definition) is 3. The fourth-order valence-corrected chi connectivity index (χ4v) is 2.76. The van der Waals surface area contributed by atoms with Crippen LogP contribution in [0, 0.1) is 0 Å². The minimum absolute atomic E-state index is 0.0331. The number of aromatic hydroxyl groups is 1. The molecule has 0 saturated carbocycles. The van der Waals surface area contributed by atoms with Gasteiger partial charge in [0.1, 0.15) is 11.5 Å². The maximum absolute atomic E-state index is 10.6. The number of hydrogen-bond acceptors (Lipinski definition) is 5. The zero-order valence-electron chi connectivity index (χ0n) is 15.3. The molecule has 0 unspecified atom stereocenters. The Morgan fingerprint density at radius 3 is 2.54 bits per heavy atom. The zero-order chi connectivity index (χ0) is 19.1. The van der Waals surface area contributed by atoms with Crippen LogP contribution < -0.4 is 10.1 Å². The number of methoxy groups -OCH3 is 1. The SMILES string of the molecule is COc1ccc(C[C@H](C)N(C)C[C@H](O)c2ccc(O)c(NC=O)c2)cc1. The summed E-state index contributed by atoms with van der Waals surface area (Å²) in [5.74, 6) is 0.798. The highest BCUT2D eigenvalue weighted by Crippen LogP contribution is 2.27. The second-order valence-corrected chi connectivity index (χ2v) is 6.40. The van der Waals surface area contributed by atoms with Crippen LogP contribution in [0.1, 0.15) is 24.2 Å². The number of benzene rings is 2. The first-order valence-electron chi connectivity index (χ1n) is 8.49. The topological polar surface area (TPSA) is 82.0 Å². The molecule has 2 aromatic rings. The average molecular weight is 358 g/mol. The van der Waals surface area contributed by atoms with Gasteiger partial charge in [0.2, 0.25) is 6.41 Å². The number of rotatable bonds is 9. The van der Waals surface area contributed by atoms with Crippen LogP contribution in [0.25, 0.3) is 0 Å². The number of anilines is 1. The fourth-order valence-electron chi connectivity index (χ4n) is 2.76. The summed E-state index contributed by atoms with van der Waals surface area (Å²) in [4.78, 5) is 12.7. The summed E-state index contributed by atoms with van der Waals surface area (Å²) in [6, 6.07) is 12.9. The minimum atomic E-state index is -0.730. The number of aliphatic hydroxyl groups is 1. The lowest BCUT2D eigenvalue weighted by atomic mass is 10.0. The first-order valence-corrected chi connectivity index (χ1v) is 8.49. The van der Waals surface area contributed by atoms with Crippen LogP contribution in [0.4, 0.5) is 5.69 Å². The lowest BCUT2D eigenvalue weighted by Gasteiger charge is -2.27. The van der Waals surface area contributed by atoms with Crippen molar-refractivity contribution in [1.82, 2.24) is 4.90 Å². The number of aliphatic hydroxyl groups excluding tert-OH is 1. The summed E-state index contributed by atoms with van der Waals surface area (Å²) in [6.45, 7) is 2.54. The summed E-state index contributed by atoms with van der Waals surface area (Å²) >= 11 is 0. The van der Waals surface area contributed by atoms with Crippen molar-refractivity contribution in [1.29, 1.82) is 0 Å². The van der Waals surface area contributed by atoms with E-state index in [9.17, 15) is 15.0 Å². The third kappa shape index (κ3) is 5.21. The van der Waals surface area contributed by atoms with Gasteiger partial charge in [0.15, 0.2) is 0 Å². The fraction of sp³-hybridized carbons (Fsp3) is 0.350. The van der Waals surface area contributed by atoms with Crippen molar-refractivity contribution in [3.63, 3.8) is 0 Å². The lowest BCUT2D eigenvalue weighted by Crippen LogP contribution is -2.34. The summed E-state index contributed by atoms with van der Waals surface area (Å²) in [5.41, 5.74) is 2.11. The number of carbonyl (C=O) groups is 1. The van der Waals surface area contributed by atoms with Crippen LogP contribution in [0.5, 0.6) is 11.5 Å². The van der Waals surface area contributed by atoms with Crippen LogP contribution in [-0.4, -0.2) is 48.3 Å². The second-order valence-electron chi connectivity index (χ2n) is 6.40. The maximum atomic E-state index is 10.6. The van der Waals surface area contributed by atoms with E-state index in [0.717, 1.165) is 12.2 Å². The molecule has 3 N–H and O–H groups in total. The van der Waals surface area contributed by atoms with Gasteiger partial charge in [-0.1, -0.05) is 18.2 Å². The number of phenolic OH excluding ortho intramolecular Hbond substituents is 1. The molecule has 1 amide bonds. The Labute approximate surface area is 154 Å². The van der Waals surface area contributed by atoms with E-state index in [0.29, 0.717) is 18.5 Å². The van der Waals surface area contributed by atoms with Gasteiger partial charge in [0.25, 0.3) is 0 Å². The van der Waals surface area contributed by atoms with E-state index in [2.05, 4.69) is 17.1 Å². The molecule has 26 heavy (non-hydrogen) atoms. The molecule has 140 valence electrons. The van der Waals surface area contributed by atoms with E-state index in [1.165, 1.54) is 11.6 Å². The smallest absolute Gasteiger partial charge is 0.211 e. The van der Waals surface area contributed by atoms with Gasteiger partial charge in [-0.25, -0.2) is 0 Å². The molecule has 0 aromatic heterocycles. The molecule has 2 rings (SSSR count). The van der Waals surface area contributed by atoms with Crippen molar-refractivity contribution in [2.24, 2.45) is 0 Å². The molecule has 0 radical (unpaired) electrons. The standard InChI is InChI=1S/C20H26N2O4/c1-14(10-15-4-7-17(26-3)8-5-15)22(2)12-20(25)16-6-9-19(24)18(11-16)21-13-23/h4-9,11,13-14,20,24-25H,10,12H2,1-3H3,(H,21,23)/t14-,20-/m0/s1. The predicted molar refractivity (Wildman–Crippen MR) is 102 cm³/mol. The molecule has 0 heterocycles. The molecule has 0 saturated heterocycles. The molecule has 0 aliphatic carbocycles. The van der Waals surface area contributed by atoms with Crippen molar-refractivity contribution in [3.05, 3.63) is 53.6 Å². The minimum Gasteiger partial charge on any atom is -0.506 e. The Hall–Kier alpha value is -2.57. The molecular weight excluding hydrogens is 332 g/mol. The third-order valence-electron chi connectivity index (χ3n) is 4.52. The Bertz CT molecular complexity index is 718. The van der Waals surface area contributed by atoms with Crippen molar-refractivity contribution >= 4 is 12.1 Å². The molecule has 2 atom stereocenters. The number of ether oxygens (including phenoxy) is 1. The molecule has 0 spiro atoms. The summed E-state index contributed by atoms with van der Waals surface area (Å²) in [6.07, 6.45) is 0.612. The van der Waals surface area contributed by atoms with Crippen LogP contribution in [0.15, 0.2) is 42.5 Å². The predicted octanol–water partition coefficient (Wildman–Crippen LogP) is 2.57. The molecule has 6 nitrogen and oxygen atoms in total. The molecule has 2 aromatic carbocycles. The highest BCUT2D eigenvalue weighted by atomic mass is 16.5. The van der Waals surface area contributed by atoms with Gasteiger partial charge in [-0.2, -0.15) is 0 Å². The Morgan fingerprint density at radius 1 is 1.23 bits per heavy atom. The maximum Gasteiger partial charge on any atom is 0.211 e. The van der Waals surface area contributed by atoms with Crippen molar-refractivity contribution < 1.29 is 19.7 Å². The van der Waals surface area contributed by atoms with Crippen LogP contribution in [-0.2, 0) is 11.2 Å². The first-order chi connectivity index (χ1) is 12.4. The molecular formula is C20H26N2O4. The van der Waals surface area contributed by atoms with E-state index in [1.54, 1.807) is 19.2 Å². The summed E-state index contributed by atoms with van der Waals surface area (Å²) in [7, 11) is 3.61. The van der Waals surface area contributed by atoms with Gasteiger partial charge in [0.05, 0.1) is 18.9 Å². The molecule has 0 bridgehead atoms. The van der Waals surface area contributed by atoms with Gasteiger partial charge in [-0.05, 0) is 55.8 Å².